The zero-order chi connectivity index (χ0) is 43.6. The minimum atomic E-state index is -1.05. The molecule has 8 aromatic rings. The molecule has 0 fully saturated rings. The van der Waals surface area contributed by atoms with Gasteiger partial charge in [-0.15, -0.1) is 0 Å². The van der Waals surface area contributed by atoms with E-state index in [1.807, 2.05) is 80.0 Å². The lowest BCUT2D eigenvalue weighted by Gasteiger charge is -2.07. The molecule has 2 aliphatic heterocycles. The molecule has 0 saturated carbocycles. The summed E-state index contributed by atoms with van der Waals surface area (Å²) in [5.74, 6) is 1.23. The van der Waals surface area contributed by atoms with Crippen LogP contribution in [0, 0.1) is 6.92 Å². The molecule has 10 rings (SSSR count). The number of carboxylic acid groups (broad SMARTS) is 1. The molecule has 0 amide bonds. The Bertz CT molecular complexity index is 2910. The fourth-order valence-corrected chi connectivity index (χ4v) is 6.95. The van der Waals surface area contributed by atoms with Gasteiger partial charge in [0, 0.05) is 68.4 Å². The predicted molar refractivity (Wildman–Crippen MR) is 253 cm³/mol. The van der Waals surface area contributed by atoms with Gasteiger partial charge in [-0.1, -0.05) is 62.2 Å². The third kappa shape index (κ3) is 11.7. The molecule has 16 heteroatoms. The highest BCUT2D eigenvalue weighted by atomic mass is 79.9. The molecular formula is C46H36Br2ClN9O4. The Hall–Kier alpha value is -6.81. The Kier molecular flexibility index (Phi) is 14.1. The molecule has 4 aromatic heterocycles. The Morgan fingerprint density at radius 1 is 0.774 bits per heavy atom. The number of carboxylic acids is 1. The summed E-state index contributed by atoms with van der Waals surface area (Å²) in [5, 5.41) is 17.2. The number of hydrogen-bond donors (Lipinski definition) is 4. The van der Waals surface area contributed by atoms with Gasteiger partial charge in [0.2, 0.25) is 11.0 Å². The van der Waals surface area contributed by atoms with Crippen LogP contribution in [0.4, 0.5) is 23.0 Å². The van der Waals surface area contributed by atoms with Gasteiger partial charge in [-0.2, -0.15) is 0 Å². The number of anilines is 4. The number of carbonyl (C=O) groups is 2. The molecule has 4 aromatic carbocycles. The van der Waals surface area contributed by atoms with E-state index in [4.69, 9.17) is 21.1 Å². The van der Waals surface area contributed by atoms with E-state index in [9.17, 15) is 9.59 Å². The number of aliphatic imine (C=N–C) groups is 2. The molecule has 0 spiro atoms. The number of furan rings is 1. The molecule has 0 bridgehead atoms. The summed E-state index contributed by atoms with van der Waals surface area (Å²) in [6, 6.07) is 32.6. The SMILES string of the molecule is CC(=O)c1cc2ccc(Br)cc2[nH]1.Cc1nccc(Nc2ccc(C3=CCN=C3)cc2)n1.Clc1nccc(Nc2ccc3c(c2)C=NC3)n1.O=C(O)c1cc2ccc(Br)cc2o1. The number of nitrogens with one attached hydrogen (secondary N) is 3. The van der Waals surface area contributed by atoms with E-state index >= 15 is 0 Å². The number of H-pyrrole nitrogens is 1. The highest BCUT2D eigenvalue weighted by Crippen LogP contribution is 2.25. The van der Waals surface area contributed by atoms with E-state index in [0.29, 0.717) is 17.1 Å². The smallest absolute Gasteiger partial charge is 0.371 e. The number of ketones is 1. The third-order valence-electron chi connectivity index (χ3n) is 9.11. The number of carbonyl (C=O) groups excluding carboxylic acids is 1. The third-order valence-corrected chi connectivity index (χ3v) is 10.3. The van der Waals surface area contributed by atoms with Crippen LogP contribution >= 0.6 is 43.5 Å². The van der Waals surface area contributed by atoms with E-state index in [1.54, 1.807) is 37.5 Å². The van der Waals surface area contributed by atoms with Crippen LogP contribution in [0.5, 0.6) is 0 Å². The molecule has 0 radical (unpaired) electrons. The molecule has 2 aliphatic rings. The maximum atomic E-state index is 11.1. The largest absolute Gasteiger partial charge is 0.475 e. The van der Waals surface area contributed by atoms with Gasteiger partial charge >= 0.3 is 5.97 Å². The average molecular weight is 974 g/mol. The van der Waals surface area contributed by atoms with Crippen molar-refractivity contribution in [3.05, 3.63) is 170 Å². The van der Waals surface area contributed by atoms with E-state index in [0.717, 1.165) is 66.9 Å². The minimum Gasteiger partial charge on any atom is -0.475 e. The molecular weight excluding hydrogens is 938 g/mol. The summed E-state index contributed by atoms with van der Waals surface area (Å²) in [4.78, 5) is 49.4. The summed E-state index contributed by atoms with van der Waals surface area (Å²) in [5.41, 5.74) is 8.96. The van der Waals surface area contributed by atoms with E-state index in [-0.39, 0.29) is 16.8 Å². The standard InChI is InChI=1S/C15H14N4.C12H9ClN4.C10H8BrNO.C9H5BrO3/c1-11-17-9-7-15(18-11)19-14-4-2-12(3-5-14)13-6-8-16-10-13;13-12-15-4-3-11(17-12)16-10-2-1-8-6-14-7-9(8)5-10;1-6(13)9-4-7-2-3-8(11)5-10(7)12-9;10-6-2-1-5-3-8(9(11)12)13-7(5)4-6/h2-7,9-10H,8H2,1H3,(H,17,18,19);1-5,7H,6H2,(H,15,16,17);2-5,12H,1H3;1-4H,(H,11,12). The number of benzene rings is 4. The summed E-state index contributed by atoms with van der Waals surface area (Å²) in [6.07, 6.45) is 9.28. The molecule has 0 atom stereocenters. The van der Waals surface area contributed by atoms with Gasteiger partial charge in [0.25, 0.3) is 0 Å². The molecule has 13 nitrogen and oxygen atoms in total. The summed E-state index contributed by atoms with van der Waals surface area (Å²) in [7, 11) is 0. The average Bonchev–Trinajstić information content (AvgIpc) is 4.09. The number of aromatic carboxylic acids is 1. The number of aryl methyl sites for hydroxylation is 1. The van der Waals surface area contributed by atoms with Crippen molar-refractivity contribution in [2.24, 2.45) is 9.98 Å². The first-order valence-electron chi connectivity index (χ1n) is 18.9. The monoisotopic (exact) mass is 971 g/mol. The number of allylic oxidation sites excluding steroid dienone is 1. The first kappa shape index (κ1) is 43.3. The van der Waals surface area contributed by atoms with Crippen molar-refractivity contribution >= 4 is 118 Å². The van der Waals surface area contributed by atoms with Crippen molar-refractivity contribution in [2.45, 2.75) is 20.4 Å². The summed E-state index contributed by atoms with van der Waals surface area (Å²) in [6.45, 7) is 4.99. The molecule has 0 aliphatic carbocycles. The number of Topliss-reactive ketones (excluding diaryl/α,β-unsaturated/α-hetero) is 1. The van der Waals surface area contributed by atoms with Crippen molar-refractivity contribution in [3.8, 4) is 0 Å². The quantitative estimate of drug-likeness (QED) is 0.0885. The first-order chi connectivity index (χ1) is 29.9. The van der Waals surface area contributed by atoms with Crippen molar-refractivity contribution in [1.29, 1.82) is 0 Å². The zero-order valence-electron chi connectivity index (χ0n) is 33.1. The molecule has 0 saturated heterocycles. The molecule has 310 valence electrons. The van der Waals surface area contributed by atoms with Crippen LogP contribution in [0.25, 0.3) is 27.4 Å². The van der Waals surface area contributed by atoms with Crippen LogP contribution in [0.3, 0.4) is 0 Å². The second kappa shape index (κ2) is 20.2. The van der Waals surface area contributed by atoms with Crippen molar-refractivity contribution in [2.75, 3.05) is 17.2 Å². The number of aromatic amines is 1. The van der Waals surface area contributed by atoms with Crippen molar-refractivity contribution in [1.82, 2.24) is 24.9 Å². The van der Waals surface area contributed by atoms with E-state index in [1.165, 1.54) is 22.8 Å². The summed E-state index contributed by atoms with van der Waals surface area (Å²) < 4.78 is 6.96. The second-order valence-corrected chi connectivity index (χ2v) is 15.8. The topological polar surface area (TPSA) is 184 Å². The van der Waals surface area contributed by atoms with Crippen molar-refractivity contribution in [3.63, 3.8) is 0 Å². The highest BCUT2D eigenvalue weighted by molar-refractivity contribution is 9.10. The predicted octanol–water partition coefficient (Wildman–Crippen LogP) is 11.8. The van der Waals surface area contributed by atoms with Crippen molar-refractivity contribution < 1.29 is 19.1 Å². The normalized spacial score (nSPS) is 12.0. The molecule has 62 heavy (non-hydrogen) atoms. The van der Waals surface area contributed by atoms with Crippen LogP contribution in [-0.4, -0.2) is 60.8 Å². The zero-order valence-corrected chi connectivity index (χ0v) is 37.0. The summed E-state index contributed by atoms with van der Waals surface area (Å²) >= 11 is 12.4. The lowest BCUT2D eigenvalue weighted by atomic mass is 10.1. The van der Waals surface area contributed by atoms with Crippen LogP contribution in [0.15, 0.2) is 145 Å². The fourth-order valence-electron chi connectivity index (χ4n) is 6.10. The number of fused-ring (bicyclic) bond motifs is 3. The Balaban J connectivity index is 0.000000126. The molecule has 6 heterocycles. The van der Waals surface area contributed by atoms with Gasteiger partial charge in [0.1, 0.15) is 23.0 Å². The highest BCUT2D eigenvalue weighted by Gasteiger charge is 2.11. The number of hydrogen-bond acceptors (Lipinski definition) is 11. The van der Waals surface area contributed by atoms with Gasteiger partial charge in [-0.05, 0) is 120 Å². The van der Waals surface area contributed by atoms with Gasteiger partial charge in [-0.3, -0.25) is 14.8 Å². The van der Waals surface area contributed by atoms with Gasteiger partial charge in [-0.25, -0.2) is 24.7 Å². The van der Waals surface area contributed by atoms with Gasteiger partial charge in [0.15, 0.2) is 5.78 Å². The van der Waals surface area contributed by atoms with Gasteiger partial charge < -0.3 is 25.1 Å². The number of halogens is 3. The maximum absolute atomic E-state index is 11.1. The first-order valence-corrected chi connectivity index (χ1v) is 20.9. The van der Waals surface area contributed by atoms with Crippen LogP contribution in [0.2, 0.25) is 5.28 Å². The van der Waals surface area contributed by atoms with Crippen LogP contribution in [-0.2, 0) is 6.54 Å². The maximum Gasteiger partial charge on any atom is 0.371 e. The Labute approximate surface area is 377 Å². The second-order valence-electron chi connectivity index (χ2n) is 13.6. The lowest BCUT2D eigenvalue weighted by Crippen LogP contribution is -1.96. The number of aromatic nitrogens is 5. The minimum absolute atomic E-state index is 0.0342. The molecule has 4 N–H and O–H groups in total. The fraction of sp³-hybridized carbons (Fsp3) is 0.0870. The van der Waals surface area contributed by atoms with Crippen LogP contribution < -0.4 is 10.6 Å². The lowest BCUT2D eigenvalue weighted by molar-refractivity contribution is 0.0664. The Morgan fingerprint density at radius 3 is 2.19 bits per heavy atom. The van der Waals surface area contributed by atoms with Crippen LogP contribution in [0.1, 0.15) is 50.5 Å². The number of rotatable bonds is 7. The van der Waals surface area contributed by atoms with E-state index in [2.05, 4.69) is 102 Å². The van der Waals surface area contributed by atoms with Gasteiger partial charge in [0.05, 0.1) is 18.8 Å². The Morgan fingerprint density at radius 2 is 1.48 bits per heavy atom. The molecule has 0 unspecified atom stereocenters. The number of nitrogens with zero attached hydrogens (tertiary/aromatic N) is 6. The van der Waals surface area contributed by atoms with E-state index < -0.39 is 5.97 Å².